The predicted octanol–water partition coefficient (Wildman–Crippen LogP) is 7.67. The molecule has 1 amide bonds. The van der Waals surface area contributed by atoms with Crippen LogP contribution in [0.15, 0.2) is 12.1 Å². The molecule has 188 valence electrons. The van der Waals surface area contributed by atoms with Crippen LogP contribution >= 0.6 is 0 Å². The minimum atomic E-state index is 0.137. The minimum Gasteiger partial charge on any atom is -0.356 e. The highest BCUT2D eigenvalue weighted by Crippen LogP contribution is 2.33. The molecule has 0 bridgehead atoms. The van der Waals surface area contributed by atoms with Crippen LogP contribution in [-0.2, 0) is 16.6 Å². The number of rotatable bonds is 8. The summed E-state index contributed by atoms with van der Waals surface area (Å²) in [6.45, 7) is 28.2. The van der Waals surface area contributed by atoms with Gasteiger partial charge in [-0.25, -0.2) is 0 Å². The summed E-state index contributed by atoms with van der Waals surface area (Å²) in [6.07, 6.45) is 4.95. The number of unbranched alkanes of at least 4 members (excludes halogenated alkanes) is 2. The van der Waals surface area contributed by atoms with Crippen molar-refractivity contribution < 1.29 is 4.79 Å². The molecule has 0 saturated heterocycles. The van der Waals surface area contributed by atoms with Gasteiger partial charge >= 0.3 is 0 Å². The van der Waals surface area contributed by atoms with Crippen LogP contribution in [0.4, 0.5) is 0 Å². The van der Waals surface area contributed by atoms with Gasteiger partial charge in [0, 0.05) is 13.0 Å². The lowest BCUT2D eigenvalue weighted by molar-refractivity contribution is -0.120. The maximum atomic E-state index is 10.7. The first-order valence-electron chi connectivity index (χ1n) is 12.8. The molecule has 1 aromatic carbocycles. The molecule has 1 aromatic rings. The van der Waals surface area contributed by atoms with E-state index in [0.717, 1.165) is 38.8 Å². The van der Waals surface area contributed by atoms with Crippen molar-refractivity contribution in [2.24, 2.45) is 11.1 Å². The van der Waals surface area contributed by atoms with Crippen LogP contribution in [-0.4, -0.2) is 19.0 Å². The molecule has 0 saturated carbocycles. The average Bonchev–Trinajstić information content (AvgIpc) is 2.69. The zero-order chi connectivity index (χ0) is 25.5. The van der Waals surface area contributed by atoms with Crippen molar-refractivity contribution in [1.29, 1.82) is 0 Å². The number of hydrogen-bond donors (Lipinski definition) is 2. The van der Waals surface area contributed by atoms with E-state index in [4.69, 9.17) is 5.73 Å². The van der Waals surface area contributed by atoms with Gasteiger partial charge in [0.2, 0.25) is 5.91 Å². The van der Waals surface area contributed by atoms with E-state index < -0.39 is 0 Å². The second-order valence-corrected chi connectivity index (χ2v) is 11.0. The van der Waals surface area contributed by atoms with E-state index in [1.165, 1.54) is 22.3 Å². The molecule has 0 atom stereocenters. The SMILES string of the molecule is CC.CCC(=O)NCCCCCN.Cc1c(CC(C)(C)C)cc(C(C)(C)C)cc1C(C)C. The molecule has 3 heteroatoms. The van der Waals surface area contributed by atoms with E-state index in [1.807, 2.05) is 20.8 Å². The average molecular weight is 449 g/mol. The number of hydrogen-bond acceptors (Lipinski definition) is 2. The maximum Gasteiger partial charge on any atom is 0.219 e. The van der Waals surface area contributed by atoms with E-state index in [1.54, 1.807) is 0 Å². The fraction of sp³-hybridized carbons (Fsp3) is 0.759. The third kappa shape index (κ3) is 14.7. The standard InChI is InChI=1S/C19H32.C8H18N2O.C2H6/c1-13(2)17-11-16(19(7,8)9)10-15(14(17)3)12-18(4,5)6;1-2-8(11)10-7-5-3-4-6-9;1-2/h10-11,13H,12H2,1-9H3;2-7,9H2,1H3,(H,10,11);1-2H3. The van der Waals surface area contributed by atoms with E-state index in [-0.39, 0.29) is 11.3 Å². The van der Waals surface area contributed by atoms with Crippen LogP contribution in [0, 0.1) is 12.3 Å². The third-order valence-corrected chi connectivity index (χ3v) is 5.29. The number of benzene rings is 1. The normalized spacial score (nSPS) is 11.3. The Labute approximate surface area is 201 Å². The lowest BCUT2D eigenvalue weighted by atomic mass is 9.78. The molecule has 0 aliphatic carbocycles. The maximum absolute atomic E-state index is 10.7. The Morgan fingerprint density at radius 3 is 1.97 bits per heavy atom. The van der Waals surface area contributed by atoms with Gasteiger partial charge in [0.25, 0.3) is 0 Å². The predicted molar refractivity (Wildman–Crippen MR) is 145 cm³/mol. The summed E-state index contributed by atoms with van der Waals surface area (Å²) in [5, 5.41) is 2.81. The van der Waals surface area contributed by atoms with Gasteiger partial charge in [0.15, 0.2) is 0 Å². The Balaban J connectivity index is 0. The fourth-order valence-corrected chi connectivity index (χ4v) is 3.39. The van der Waals surface area contributed by atoms with Crippen LogP contribution in [0.25, 0.3) is 0 Å². The summed E-state index contributed by atoms with van der Waals surface area (Å²) in [5.41, 5.74) is 11.9. The number of nitrogens with two attached hydrogens (primary N) is 1. The minimum absolute atomic E-state index is 0.137. The second kappa shape index (κ2) is 16.3. The van der Waals surface area contributed by atoms with Crippen molar-refractivity contribution in [3.63, 3.8) is 0 Å². The van der Waals surface area contributed by atoms with Gasteiger partial charge in [0.05, 0.1) is 0 Å². The van der Waals surface area contributed by atoms with Crippen molar-refractivity contribution in [3.05, 3.63) is 34.4 Å². The van der Waals surface area contributed by atoms with Gasteiger partial charge in [0.1, 0.15) is 0 Å². The topological polar surface area (TPSA) is 55.1 Å². The van der Waals surface area contributed by atoms with Crippen molar-refractivity contribution >= 4 is 5.91 Å². The number of carbonyl (C=O) groups excluding carboxylic acids is 1. The lowest BCUT2D eigenvalue weighted by Crippen LogP contribution is -2.23. The van der Waals surface area contributed by atoms with Crippen LogP contribution in [0.1, 0.15) is 130 Å². The first-order chi connectivity index (χ1) is 14.7. The zero-order valence-electron chi connectivity index (χ0n) is 23.7. The summed E-state index contributed by atoms with van der Waals surface area (Å²) in [5.74, 6) is 0.735. The molecule has 0 radical (unpaired) electrons. The largest absolute Gasteiger partial charge is 0.356 e. The van der Waals surface area contributed by atoms with Crippen molar-refractivity contribution in [3.8, 4) is 0 Å². The van der Waals surface area contributed by atoms with Gasteiger partial charge in [-0.05, 0) is 71.7 Å². The van der Waals surface area contributed by atoms with Gasteiger partial charge in [-0.1, -0.05) is 94.7 Å². The number of nitrogens with one attached hydrogen (secondary N) is 1. The molecule has 3 nitrogen and oxygen atoms in total. The summed E-state index contributed by atoms with van der Waals surface area (Å²) < 4.78 is 0. The van der Waals surface area contributed by atoms with Crippen LogP contribution in [0.3, 0.4) is 0 Å². The van der Waals surface area contributed by atoms with E-state index >= 15 is 0 Å². The highest BCUT2D eigenvalue weighted by molar-refractivity contribution is 5.75. The first-order valence-corrected chi connectivity index (χ1v) is 12.8. The number of carbonyl (C=O) groups is 1. The van der Waals surface area contributed by atoms with Gasteiger partial charge in [-0.15, -0.1) is 0 Å². The number of amides is 1. The smallest absolute Gasteiger partial charge is 0.219 e. The zero-order valence-corrected chi connectivity index (χ0v) is 23.7. The highest BCUT2D eigenvalue weighted by atomic mass is 16.1. The summed E-state index contributed by atoms with van der Waals surface area (Å²) >= 11 is 0. The van der Waals surface area contributed by atoms with Gasteiger partial charge in [-0.2, -0.15) is 0 Å². The quantitative estimate of drug-likeness (QED) is 0.401. The van der Waals surface area contributed by atoms with Crippen LogP contribution < -0.4 is 11.1 Å². The fourth-order valence-electron chi connectivity index (χ4n) is 3.39. The Morgan fingerprint density at radius 2 is 1.56 bits per heavy atom. The molecule has 0 heterocycles. The van der Waals surface area contributed by atoms with Crippen LogP contribution in [0.2, 0.25) is 0 Å². The molecule has 0 fully saturated rings. The molecule has 32 heavy (non-hydrogen) atoms. The monoisotopic (exact) mass is 448 g/mol. The Hall–Kier alpha value is -1.35. The van der Waals surface area contributed by atoms with Gasteiger partial charge < -0.3 is 11.1 Å². The van der Waals surface area contributed by atoms with Crippen molar-refractivity contribution in [1.82, 2.24) is 5.32 Å². The molecular weight excluding hydrogens is 392 g/mol. The van der Waals surface area contributed by atoms with Gasteiger partial charge in [-0.3, -0.25) is 4.79 Å². The molecular formula is C29H56N2O. The molecule has 0 unspecified atom stereocenters. The highest BCUT2D eigenvalue weighted by Gasteiger charge is 2.21. The third-order valence-electron chi connectivity index (χ3n) is 5.29. The van der Waals surface area contributed by atoms with E-state index in [2.05, 4.69) is 79.8 Å². The van der Waals surface area contributed by atoms with E-state index in [9.17, 15) is 4.79 Å². The Morgan fingerprint density at radius 1 is 1.00 bits per heavy atom. The summed E-state index contributed by atoms with van der Waals surface area (Å²) in [7, 11) is 0. The van der Waals surface area contributed by atoms with Crippen molar-refractivity contribution in [2.45, 2.75) is 127 Å². The Kier molecular flexibility index (Phi) is 16.7. The van der Waals surface area contributed by atoms with Crippen LogP contribution in [0.5, 0.6) is 0 Å². The second-order valence-electron chi connectivity index (χ2n) is 11.0. The summed E-state index contributed by atoms with van der Waals surface area (Å²) in [6, 6.07) is 4.86. The van der Waals surface area contributed by atoms with E-state index in [0.29, 0.717) is 17.8 Å². The molecule has 0 spiro atoms. The molecule has 1 rings (SSSR count). The first kappa shape index (κ1) is 32.8. The summed E-state index contributed by atoms with van der Waals surface area (Å²) in [4.78, 5) is 10.7. The lowest BCUT2D eigenvalue weighted by Gasteiger charge is -2.27. The molecule has 3 N–H and O–H groups in total. The van der Waals surface area contributed by atoms with Crippen molar-refractivity contribution in [2.75, 3.05) is 13.1 Å². The molecule has 0 aliphatic rings. The Bertz CT molecular complexity index is 634. The molecule has 0 aromatic heterocycles. The molecule has 0 aliphatic heterocycles.